The third-order valence-electron chi connectivity index (χ3n) is 5.90. The smallest absolute Gasteiger partial charge is 0.223 e. The number of halogens is 1. The number of aliphatic hydroxyl groups excluding tert-OH is 1. The quantitative estimate of drug-likeness (QED) is 0.314. The number of anilines is 2. The topological polar surface area (TPSA) is 118 Å². The molecular weight excluding hydrogens is 432 g/mol. The molecule has 1 aliphatic rings. The van der Waals surface area contributed by atoms with Crippen molar-refractivity contribution < 1.29 is 14.6 Å². The number of pyridine rings is 1. The molecule has 0 radical (unpaired) electrons. The molecular formula is C22H31ClN6O3. The molecule has 1 amide bonds. The summed E-state index contributed by atoms with van der Waals surface area (Å²) in [5.41, 5.74) is 9.38. The van der Waals surface area contributed by atoms with E-state index >= 15 is 0 Å². The molecule has 0 saturated carbocycles. The van der Waals surface area contributed by atoms with Crippen molar-refractivity contribution in [3.05, 3.63) is 33.7 Å². The third kappa shape index (κ3) is 4.88. The van der Waals surface area contributed by atoms with Crippen LogP contribution in [0.3, 0.4) is 0 Å². The van der Waals surface area contributed by atoms with Crippen molar-refractivity contribution in [3.63, 3.8) is 0 Å². The first kappa shape index (κ1) is 24.0. The number of hydrogen-bond donors (Lipinski definition) is 2. The summed E-state index contributed by atoms with van der Waals surface area (Å²) < 4.78 is 5.54. The number of amides is 1. The van der Waals surface area contributed by atoms with Crippen LogP contribution in [0.25, 0.3) is 0 Å². The molecule has 32 heavy (non-hydrogen) atoms. The predicted molar refractivity (Wildman–Crippen MR) is 124 cm³/mol. The van der Waals surface area contributed by atoms with Gasteiger partial charge in [-0.15, -0.1) is 0 Å². The fraction of sp³-hybridized carbons (Fsp3) is 0.545. The first-order valence-electron chi connectivity index (χ1n) is 10.8. The lowest BCUT2D eigenvalue weighted by molar-refractivity contribution is -0.128. The molecule has 3 rings (SSSR count). The molecule has 3 N–H and O–H groups in total. The number of nitrogen functional groups attached to an aromatic ring is 1. The molecule has 3 heterocycles. The number of carbonyl (C=O) groups is 1. The Kier molecular flexibility index (Phi) is 7.73. The van der Waals surface area contributed by atoms with E-state index < -0.39 is 6.23 Å². The maximum absolute atomic E-state index is 11.7. The fourth-order valence-corrected chi connectivity index (χ4v) is 4.55. The van der Waals surface area contributed by atoms with Crippen molar-refractivity contribution in [2.45, 2.75) is 58.7 Å². The van der Waals surface area contributed by atoms with Crippen LogP contribution in [0.15, 0.2) is 6.20 Å². The molecule has 2 aromatic heterocycles. The van der Waals surface area contributed by atoms with E-state index in [2.05, 4.69) is 15.0 Å². The van der Waals surface area contributed by atoms with Gasteiger partial charge in [-0.05, 0) is 26.7 Å². The van der Waals surface area contributed by atoms with Crippen molar-refractivity contribution in [2.75, 3.05) is 30.8 Å². The molecule has 2 atom stereocenters. The number of fused-ring (bicyclic) bond motifs is 1. The zero-order valence-corrected chi connectivity index (χ0v) is 19.8. The van der Waals surface area contributed by atoms with Crippen LogP contribution < -0.4 is 15.4 Å². The summed E-state index contributed by atoms with van der Waals surface area (Å²) in [5.74, 6) is 1.34. The third-order valence-corrected chi connectivity index (χ3v) is 6.19. The normalized spacial score (nSPS) is 16.1. The van der Waals surface area contributed by atoms with E-state index in [9.17, 15) is 9.90 Å². The molecule has 10 heteroatoms. The summed E-state index contributed by atoms with van der Waals surface area (Å²) in [6.45, 7) is 7.28. The number of nitrogens with zero attached hydrogens (tertiary/aromatic N) is 5. The van der Waals surface area contributed by atoms with E-state index in [1.54, 1.807) is 13.3 Å². The Morgan fingerprint density at radius 3 is 2.84 bits per heavy atom. The second kappa shape index (κ2) is 10.3. The van der Waals surface area contributed by atoms with Crippen molar-refractivity contribution in [1.29, 1.82) is 0 Å². The van der Waals surface area contributed by atoms with E-state index in [1.165, 1.54) is 4.90 Å². The first-order valence-corrected chi connectivity index (χ1v) is 11.1. The highest BCUT2D eigenvalue weighted by atomic mass is 35.5. The summed E-state index contributed by atoms with van der Waals surface area (Å²) in [5, 5.41) is 10.7. The Hall–Kier alpha value is -2.65. The molecule has 0 spiro atoms. The van der Waals surface area contributed by atoms with Gasteiger partial charge in [-0.25, -0.2) is 4.98 Å². The van der Waals surface area contributed by atoms with E-state index in [0.717, 1.165) is 41.0 Å². The minimum absolute atomic E-state index is 0.0841. The minimum atomic E-state index is -0.844. The number of aliphatic hydroxyl groups is 1. The minimum Gasteiger partial charge on any atom is -0.496 e. The molecule has 0 aliphatic carbocycles. The molecule has 0 bridgehead atoms. The lowest BCUT2D eigenvalue weighted by atomic mass is 10.0. The molecule has 2 aromatic rings. The highest BCUT2D eigenvalue weighted by molar-refractivity contribution is 6.30. The largest absolute Gasteiger partial charge is 0.496 e. The van der Waals surface area contributed by atoms with Crippen LogP contribution in [0.1, 0.15) is 54.5 Å². The van der Waals surface area contributed by atoms with Crippen LogP contribution in [0.4, 0.5) is 11.8 Å². The maximum Gasteiger partial charge on any atom is 0.223 e. The Bertz CT molecular complexity index is 973. The number of carbonyl (C=O) groups excluding carboxylic acids is 1. The van der Waals surface area contributed by atoms with Crippen molar-refractivity contribution in [3.8, 4) is 5.75 Å². The van der Waals surface area contributed by atoms with E-state index in [-0.39, 0.29) is 17.0 Å². The maximum atomic E-state index is 11.7. The van der Waals surface area contributed by atoms with Crippen LogP contribution in [0.5, 0.6) is 5.75 Å². The van der Waals surface area contributed by atoms with Gasteiger partial charge in [-0.2, -0.15) is 4.98 Å². The van der Waals surface area contributed by atoms with Crippen molar-refractivity contribution >= 4 is 29.8 Å². The van der Waals surface area contributed by atoms with Crippen molar-refractivity contribution in [2.24, 2.45) is 0 Å². The number of rotatable bonds is 10. The molecule has 174 valence electrons. The van der Waals surface area contributed by atoms with E-state index in [1.807, 2.05) is 25.7 Å². The summed E-state index contributed by atoms with van der Waals surface area (Å²) in [7, 11) is 1.64. The summed E-state index contributed by atoms with van der Waals surface area (Å²) in [6.07, 6.45) is 3.93. The summed E-state index contributed by atoms with van der Waals surface area (Å²) >= 11 is 6.46. The number of unbranched alkanes of at least 4 members (excludes halogenated alkanes) is 1. The average Bonchev–Trinajstić information content (AvgIpc) is 3.09. The molecule has 0 fully saturated rings. The molecule has 0 saturated heterocycles. The van der Waals surface area contributed by atoms with Gasteiger partial charge in [0.05, 0.1) is 19.3 Å². The van der Waals surface area contributed by atoms with Gasteiger partial charge in [0.2, 0.25) is 12.4 Å². The van der Waals surface area contributed by atoms with E-state index in [0.29, 0.717) is 38.3 Å². The first-order chi connectivity index (χ1) is 15.3. The Morgan fingerprint density at radius 1 is 1.44 bits per heavy atom. The number of aromatic nitrogens is 3. The lowest BCUT2D eigenvalue weighted by Crippen LogP contribution is -2.38. The van der Waals surface area contributed by atoms with Crippen LogP contribution in [-0.2, 0) is 11.3 Å². The summed E-state index contributed by atoms with van der Waals surface area (Å²) in [6, 6.07) is 0. The van der Waals surface area contributed by atoms with Crippen LogP contribution in [0, 0.1) is 13.8 Å². The Balaban J connectivity index is 1.90. The average molecular weight is 463 g/mol. The highest BCUT2D eigenvalue weighted by Crippen LogP contribution is 2.41. The van der Waals surface area contributed by atoms with Gasteiger partial charge in [-0.1, -0.05) is 24.9 Å². The zero-order valence-electron chi connectivity index (χ0n) is 19.0. The molecule has 1 aliphatic heterocycles. The molecule has 9 nitrogen and oxygen atoms in total. The van der Waals surface area contributed by atoms with Crippen molar-refractivity contribution in [1.82, 2.24) is 19.9 Å². The monoisotopic (exact) mass is 462 g/mol. The Morgan fingerprint density at radius 2 is 2.19 bits per heavy atom. The summed E-state index contributed by atoms with van der Waals surface area (Å²) in [4.78, 5) is 28.3. The van der Waals surface area contributed by atoms with Crippen LogP contribution in [-0.4, -0.2) is 57.8 Å². The Labute approximate surface area is 193 Å². The van der Waals surface area contributed by atoms with Crippen LogP contribution >= 0.6 is 11.6 Å². The van der Waals surface area contributed by atoms with Gasteiger partial charge < -0.3 is 25.4 Å². The van der Waals surface area contributed by atoms with Gasteiger partial charge in [0.1, 0.15) is 22.9 Å². The van der Waals surface area contributed by atoms with Gasteiger partial charge in [0, 0.05) is 41.9 Å². The number of methoxy groups -OCH3 is 1. The highest BCUT2D eigenvalue weighted by Gasteiger charge is 2.36. The van der Waals surface area contributed by atoms with Gasteiger partial charge in [-0.3, -0.25) is 9.78 Å². The molecule has 0 aromatic carbocycles. The second-order valence-electron chi connectivity index (χ2n) is 8.16. The number of hydrogen-bond acceptors (Lipinski definition) is 8. The lowest BCUT2D eigenvalue weighted by Gasteiger charge is -2.27. The second-order valence-corrected chi connectivity index (χ2v) is 8.52. The van der Waals surface area contributed by atoms with E-state index in [4.69, 9.17) is 22.1 Å². The SMILES string of the molecule is CCCCC(O)N(C=O)CC1CN(Cc2ncc(C)c(OC)c2C)c2nc(N)nc(Cl)c21. The standard InChI is InChI=1S/C22H31ClN6O3/c1-5-6-7-17(31)29(12-30)10-15-9-28(21-18(15)20(23)26-22(24)27-21)11-16-14(3)19(32-4)13(2)8-25-16/h8,12,15,17,31H,5-7,9-11H2,1-4H3,(H2,24,26,27). The fourth-order valence-electron chi connectivity index (χ4n) is 4.22. The van der Waals surface area contributed by atoms with Gasteiger partial charge >= 0.3 is 0 Å². The number of aryl methyl sites for hydroxylation is 1. The predicted octanol–water partition coefficient (Wildman–Crippen LogP) is 2.80. The van der Waals surface area contributed by atoms with Gasteiger partial charge in [0.15, 0.2) is 0 Å². The number of ether oxygens (including phenoxy) is 1. The van der Waals surface area contributed by atoms with Crippen LogP contribution in [0.2, 0.25) is 5.15 Å². The zero-order chi connectivity index (χ0) is 23.4. The number of nitrogens with two attached hydrogens (primary N) is 1. The molecule has 2 unspecified atom stereocenters. The van der Waals surface area contributed by atoms with Gasteiger partial charge in [0.25, 0.3) is 0 Å².